The number of para-hydroxylation sites is 1. The summed E-state index contributed by atoms with van der Waals surface area (Å²) in [7, 11) is -2.76. The van der Waals surface area contributed by atoms with Gasteiger partial charge >= 0.3 is 19.4 Å². The number of hydrogen-bond donors (Lipinski definition) is 2. The van der Waals surface area contributed by atoms with Crippen molar-refractivity contribution in [2.45, 2.75) is 19.3 Å². The van der Waals surface area contributed by atoms with Crippen LogP contribution in [0.15, 0.2) is 58.3 Å². The number of benzene rings is 1. The van der Waals surface area contributed by atoms with Crippen molar-refractivity contribution >= 4 is 13.7 Å². The van der Waals surface area contributed by atoms with Crippen LogP contribution >= 0.6 is 7.75 Å². The zero-order chi connectivity index (χ0) is 22.4. The van der Waals surface area contributed by atoms with Crippen LogP contribution in [0, 0.1) is 6.92 Å². The third kappa shape index (κ3) is 6.02. The molecule has 0 spiro atoms. The van der Waals surface area contributed by atoms with Crippen molar-refractivity contribution < 1.29 is 27.9 Å². The topological polar surface area (TPSA) is 138 Å². The van der Waals surface area contributed by atoms with E-state index in [4.69, 9.17) is 13.8 Å². The number of ether oxygens (including phenoxy) is 2. The minimum atomic E-state index is -3.96. The fourth-order valence-corrected chi connectivity index (χ4v) is 3.92. The first-order chi connectivity index (χ1) is 14.8. The van der Waals surface area contributed by atoms with E-state index in [2.05, 4.69) is 14.8 Å². The molecule has 11 nitrogen and oxygen atoms in total. The Morgan fingerprint density at radius 3 is 2.71 bits per heavy atom. The van der Waals surface area contributed by atoms with Gasteiger partial charge in [-0.2, -0.15) is 0 Å². The quantitative estimate of drug-likeness (QED) is 0.328. The molecule has 0 bridgehead atoms. The molecular formula is C19H22N3O8P. The molecule has 1 aliphatic rings. The van der Waals surface area contributed by atoms with Gasteiger partial charge in [0.25, 0.3) is 5.56 Å². The molecule has 0 aliphatic carbocycles. The van der Waals surface area contributed by atoms with Gasteiger partial charge in [-0.3, -0.25) is 23.7 Å². The molecule has 2 aromatic rings. The Morgan fingerprint density at radius 2 is 2.00 bits per heavy atom. The number of carbonyl (C=O) groups is 1. The molecule has 0 saturated carbocycles. The maximum Gasteiger partial charge on any atom is 0.459 e. The first-order valence-electron chi connectivity index (χ1n) is 9.26. The van der Waals surface area contributed by atoms with Gasteiger partial charge < -0.3 is 14.0 Å². The van der Waals surface area contributed by atoms with E-state index in [0.29, 0.717) is 5.56 Å². The summed E-state index contributed by atoms with van der Waals surface area (Å²) in [4.78, 5) is 37.2. The summed E-state index contributed by atoms with van der Waals surface area (Å²) in [6.45, 7) is 0.983. The number of nitrogens with zero attached hydrogens (tertiary/aromatic N) is 1. The van der Waals surface area contributed by atoms with Crippen LogP contribution in [0.4, 0.5) is 0 Å². The van der Waals surface area contributed by atoms with Crippen LogP contribution in [-0.4, -0.2) is 41.9 Å². The van der Waals surface area contributed by atoms with Gasteiger partial charge in [0.2, 0.25) is 0 Å². The third-order valence-electron chi connectivity index (χ3n) is 4.25. The van der Waals surface area contributed by atoms with Crippen molar-refractivity contribution in [2.75, 3.05) is 20.3 Å². The zero-order valence-electron chi connectivity index (χ0n) is 16.8. The first-order valence-corrected chi connectivity index (χ1v) is 10.8. The van der Waals surface area contributed by atoms with Crippen LogP contribution in [0.25, 0.3) is 0 Å². The number of esters is 1. The van der Waals surface area contributed by atoms with Crippen LogP contribution in [0.1, 0.15) is 11.8 Å². The number of hydrogen-bond acceptors (Lipinski definition) is 8. The van der Waals surface area contributed by atoms with Crippen molar-refractivity contribution in [2.24, 2.45) is 0 Å². The lowest BCUT2D eigenvalue weighted by atomic mass is 10.3. The molecule has 1 aromatic heterocycles. The number of nitrogens with one attached hydrogen (secondary N) is 2. The van der Waals surface area contributed by atoms with Crippen molar-refractivity contribution in [1.29, 1.82) is 0 Å². The molecule has 1 unspecified atom stereocenters. The second-order valence-corrected chi connectivity index (χ2v) is 8.29. The maximum atomic E-state index is 13.1. The lowest BCUT2D eigenvalue weighted by Crippen LogP contribution is -2.33. The minimum Gasteiger partial charge on any atom is -0.468 e. The fourth-order valence-electron chi connectivity index (χ4n) is 2.65. The smallest absolute Gasteiger partial charge is 0.459 e. The van der Waals surface area contributed by atoms with E-state index in [1.165, 1.54) is 17.9 Å². The summed E-state index contributed by atoms with van der Waals surface area (Å²) in [5.41, 5.74) is -0.743. The van der Waals surface area contributed by atoms with Gasteiger partial charge in [-0.05, 0) is 25.1 Å². The number of aromatic nitrogens is 2. The third-order valence-corrected chi connectivity index (χ3v) is 5.73. The first kappa shape index (κ1) is 22.7. The van der Waals surface area contributed by atoms with E-state index >= 15 is 0 Å². The Morgan fingerprint density at radius 1 is 1.26 bits per heavy atom. The monoisotopic (exact) mass is 451 g/mol. The Balaban J connectivity index is 1.66. The standard InChI is InChI=1S/C19H22N3O8P/c1-13-11-22(19(25)21-18(13)24)16-9-8-15(29-16)12-28-31(26,20-10-17(23)27-2)30-14-6-4-3-5-7-14/h3-9,11,15-16H,10,12H2,1-2H3,(H,20,26)(H,21,24,25)/t15-,16+,31?/m0/s1. The van der Waals surface area contributed by atoms with Gasteiger partial charge in [-0.1, -0.05) is 24.3 Å². The lowest BCUT2D eigenvalue weighted by Gasteiger charge is -2.21. The highest BCUT2D eigenvalue weighted by atomic mass is 31.2. The molecule has 0 saturated heterocycles. The van der Waals surface area contributed by atoms with E-state index in [-0.39, 0.29) is 12.4 Å². The molecule has 1 aliphatic heterocycles. The van der Waals surface area contributed by atoms with Gasteiger partial charge in [0, 0.05) is 11.8 Å². The van der Waals surface area contributed by atoms with Crippen molar-refractivity contribution in [3.05, 3.63) is 75.1 Å². The van der Waals surface area contributed by atoms with Gasteiger partial charge in [0.15, 0.2) is 6.23 Å². The summed E-state index contributed by atoms with van der Waals surface area (Å²) in [5, 5.41) is 2.45. The van der Waals surface area contributed by atoms with E-state index in [0.717, 1.165) is 0 Å². The Labute approximate surface area is 177 Å². The number of aryl methyl sites for hydroxylation is 1. The van der Waals surface area contributed by atoms with Crippen LogP contribution in [-0.2, 0) is 23.4 Å². The maximum absolute atomic E-state index is 13.1. The predicted molar refractivity (Wildman–Crippen MR) is 110 cm³/mol. The molecular weight excluding hydrogens is 429 g/mol. The van der Waals surface area contributed by atoms with Gasteiger partial charge in [0.05, 0.1) is 13.7 Å². The molecule has 0 fully saturated rings. The largest absolute Gasteiger partial charge is 0.468 e. The molecule has 31 heavy (non-hydrogen) atoms. The van der Waals surface area contributed by atoms with Gasteiger partial charge in [-0.15, -0.1) is 0 Å². The molecule has 3 atom stereocenters. The average molecular weight is 451 g/mol. The van der Waals surface area contributed by atoms with Crippen molar-refractivity contribution in [1.82, 2.24) is 14.6 Å². The number of H-pyrrole nitrogens is 1. The van der Waals surface area contributed by atoms with Crippen LogP contribution < -0.4 is 20.9 Å². The van der Waals surface area contributed by atoms with Gasteiger partial charge in [-0.25, -0.2) is 14.4 Å². The highest BCUT2D eigenvalue weighted by molar-refractivity contribution is 7.52. The number of aromatic amines is 1. The van der Waals surface area contributed by atoms with Gasteiger partial charge in [0.1, 0.15) is 18.4 Å². The van der Waals surface area contributed by atoms with Crippen LogP contribution in [0.5, 0.6) is 5.75 Å². The highest BCUT2D eigenvalue weighted by Crippen LogP contribution is 2.44. The van der Waals surface area contributed by atoms with Crippen molar-refractivity contribution in [3.63, 3.8) is 0 Å². The van der Waals surface area contributed by atoms with E-state index in [1.54, 1.807) is 49.4 Å². The normalized spacial score (nSPS) is 19.7. The lowest BCUT2D eigenvalue weighted by molar-refractivity contribution is -0.139. The second kappa shape index (κ2) is 9.88. The zero-order valence-corrected chi connectivity index (χ0v) is 17.7. The number of rotatable bonds is 9. The Kier molecular flexibility index (Phi) is 7.24. The predicted octanol–water partition coefficient (Wildman–Crippen LogP) is 1.26. The molecule has 1 aromatic carbocycles. The molecule has 12 heteroatoms. The van der Waals surface area contributed by atoms with E-state index < -0.39 is 43.8 Å². The fraction of sp³-hybridized carbons (Fsp3) is 0.316. The van der Waals surface area contributed by atoms with E-state index in [1.807, 2.05) is 0 Å². The van der Waals surface area contributed by atoms with Crippen molar-refractivity contribution in [3.8, 4) is 5.75 Å². The molecule has 3 rings (SSSR count). The summed E-state index contributed by atoms with van der Waals surface area (Å²) >= 11 is 0. The molecule has 2 N–H and O–H groups in total. The molecule has 0 radical (unpaired) electrons. The summed E-state index contributed by atoms with van der Waals surface area (Å²) in [6, 6.07) is 8.32. The Bertz CT molecular complexity index is 1110. The summed E-state index contributed by atoms with van der Waals surface area (Å²) in [6.07, 6.45) is 3.20. The number of carbonyl (C=O) groups excluding carboxylic acids is 1. The molecule has 166 valence electrons. The Hall–Kier alpha value is -2.98. The molecule has 2 heterocycles. The van der Waals surface area contributed by atoms with E-state index in [9.17, 15) is 18.9 Å². The number of methoxy groups -OCH3 is 1. The molecule has 0 amide bonds. The average Bonchev–Trinajstić information content (AvgIpc) is 3.23. The summed E-state index contributed by atoms with van der Waals surface area (Å²) in [5.74, 6) is -0.371. The minimum absolute atomic E-state index is 0.192. The van der Waals surface area contributed by atoms with Crippen LogP contribution in [0.3, 0.4) is 0 Å². The SMILES string of the molecule is COC(=O)CNP(=O)(OC[C@@H]1C=C[C@H](n2cc(C)c(=O)[nH]c2=O)O1)Oc1ccccc1. The van der Waals surface area contributed by atoms with Crippen LogP contribution in [0.2, 0.25) is 0 Å². The summed E-state index contributed by atoms with van der Waals surface area (Å²) < 4.78 is 35.5. The second-order valence-electron chi connectivity index (χ2n) is 6.54. The highest BCUT2D eigenvalue weighted by Gasteiger charge is 2.31.